The second kappa shape index (κ2) is 6.19. The molecule has 0 amide bonds. The van der Waals surface area contributed by atoms with Gasteiger partial charge in [-0.25, -0.2) is 0 Å². The van der Waals surface area contributed by atoms with Crippen molar-refractivity contribution in [2.45, 2.75) is 0 Å². The Hall–Kier alpha value is -0.540. The number of ether oxygens (including phenoxy) is 2. The van der Waals surface area contributed by atoms with Crippen molar-refractivity contribution in [3.8, 4) is 0 Å². The Morgan fingerprint density at radius 1 is 1.45 bits per heavy atom. The Morgan fingerprint density at radius 2 is 2.09 bits per heavy atom. The van der Waals surface area contributed by atoms with Crippen molar-refractivity contribution in [2.24, 2.45) is 0 Å². The smallest absolute Gasteiger partial charge is 0.115 e. The normalized spacial score (nSPS) is 10.2. The highest BCUT2D eigenvalue weighted by Crippen LogP contribution is 1.92. The molecule has 0 heterocycles. The Morgan fingerprint density at radius 3 is 2.55 bits per heavy atom. The van der Waals surface area contributed by atoms with Gasteiger partial charge in [0.15, 0.2) is 0 Å². The summed E-state index contributed by atoms with van der Waals surface area (Å²) in [7, 11) is 5.63. The topological polar surface area (TPSA) is 21.7 Å². The molecule has 0 atom stereocenters. The number of likely N-dealkylation sites (N-methyl/N-ethyl adjacent to an activating group) is 1. The summed E-state index contributed by atoms with van der Waals surface area (Å²) in [6, 6.07) is 0. The van der Waals surface area contributed by atoms with E-state index in [1.807, 2.05) is 14.1 Å². The molecule has 0 aromatic carbocycles. The van der Waals surface area contributed by atoms with Crippen LogP contribution in [0.3, 0.4) is 0 Å². The molecule has 0 aromatic rings. The van der Waals surface area contributed by atoms with Gasteiger partial charge >= 0.3 is 0 Å². The van der Waals surface area contributed by atoms with Gasteiger partial charge < -0.3 is 14.4 Å². The van der Waals surface area contributed by atoms with Crippen LogP contribution >= 0.6 is 0 Å². The van der Waals surface area contributed by atoms with Crippen LogP contribution in [-0.2, 0) is 9.47 Å². The first-order valence-corrected chi connectivity index (χ1v) is 3.61. The summed E-state index contributed by atoms with van der Waals surface area (Å²) in [5.74, 6) is 0.689. The van der Waals surface area contributed by atoms with Crippen LogP contribution in [0.5, 0.6) is 0 Å². The summed E-state index contributed by atoms with van der Waals surface area (Å²) in [6.07, 6.45) is 0. The summed E-state index contributed by atoms with van der Waals surface area (Å²) < 4.78 is 10.1. The number of hydrogen-bond acceptors (Lipinski definition) is 3. The fourth-order valence-corrected chi connectivity index (χ4v) is 0.575. The van der Waals surface area contributed by atoms with Gasteiger partial charge in [-0.15, -0.1) is 0 Å². The second-order valence-electron chi connectivity index (χ2n) is 2.62. The standard InChI is InChI=1S/C8H17NO2/c1-8(7-10-4)11-6-5-9(2)3/h1,5-7H2,2-4H3. The van der Waals surface area contributed by atoms with Gasteiger partial charge in [-0.3, -0.25) is 0 Å². The molecule has 3 nitrogen and oxygen atoms in total. The molecule has 0 unspecified atom stereocenters. The average molecular weight is 159 g/mol. The highest BCUT2D eigenvalue weighted by molar-refractivity contribution is 4.81. The third-order valence-electron chi connectivity index (χ3n) is 1.15. The van der Waals surface area contributed by atoms with E-state index in [0.717, 1.165) is 6.54 Å². The molecule has 0 radical (unpaired) electrons. The Labute approximate surface area is 68.6 Å². The molecule has 0 aliphatic heterocycles. The van der Waals surface area contributed by atoms with E-state index < -0.39 is 0 Å². The van der Waals surface area contributed by atoms with Crippen molar-refractivity contribution in [1.29, 1.82) is 0 Å². The molecule has 0 fully saturated rings. The second-order valence-corrected chi connectivity index (χ2v) is 2.62. The highest BCUT2D eigenvalue weighted by atomic mass is 16.5. The zero-order valence-corrected chi connectivity index (χ0v) is 7.59. The first-order chi connectivity index (χ1) is 5.16. The lowest BCUT2D eigenvalue weighted by atomic mass is 10.6. The van der Waals surface area contributed by atoms with Crippen LogP contribution in [0.2, 0.25) is 0 Å². The van der Waals surface area contributed by atoms with Gasteiger partial charge in [0.1, 0.15) is 19.0 Å². The molecule has 0 aromatic heterocycles. The van der Waals surface area contributed by atoms with E-state index in [1.165, 1.54) is 0 Å². The Balaban J connectivity index is 3.17. The average Bonchev–Trinajstić information content (AvgIpc) is 1.87. The van der Waals surface area contributed by atoms with Crippen LogP contribution in [-0.4, -0.2) is 45.9 Å². The zero-order valence-electron chi connectivity index (χ0n) is 7.59. The maximum absolute atomic E-state index is 5.23. The van der Waals surface area contributed by atoms with Gasteiger partial charge in [0, 0.05) is 13.7 Å². The lowest BCUT2D eigenvalue weighted by Crippen LogP contribution is -2.18. The minimum absolute atomic E-state index is 0.480. The van der Waals surface area contributed by atoms with Gasteiger partial charge in [0.25, 0.3) is 0 Å². The van der Waals surface area contributed by atoms with E-state index >= 15 is 0 Å². The summed E-state index contributed by atoms with van der Waals surface area (Å²) >= 11 is 0. The SMILES string of the molecule is C=C(COC)OCCN(C)C. The van der Waals surface area contributed by atoms with E-state index in [2.05, 4.69) is 11.5 Å². The molecule has 0 saturated carbocycles. The van der Waals surface area contributed by atoms with Crippen molar-refractivity contribution in [1.82, 2.24) is 4.90 Å². The van der Waals surface area contributed by atoms with Gasteiger partial charge in [0.05, 0.1) is 0 Å². The summed E-state index contributed by atoms with van der Waals surface area (Å²) in [5.41, 5.74) is 0. The van der Waals surface area contributed by atoms with E-state index in [1.54, 1.807) is 7.11 Å². The highest BCUT2D eigenvalue weighted by Gasteiger charge is 1.93. The Bertz CT molecular complexity index is 113. The van der Waals surface area contributed by atoms with E-state index in [-0.39, 0.29) is 0 Å². The summed E-state index contributed by atoms with van der Waals surface area (Å²) in [4.78, 5) is 2.06. The van der Waals surface area contributed by atoms with E-state index in [9.17, 15) is 0 Å². The first-order valence-electron chi connectivity index (χ1n) is 3.61. The minimum Gasteiger partial charge on any atom is -0.495 e. The molecule has 0 N–H and O–H groups in total. The molecule has 0 saturated heterocycles. The molecule has 0 aliphatic carbocycles. The maximum Gasteiger partial charge on any atom is 0.115 e. The zero-order chi connectivity index (χ0) is 8.69. The van der Waals surface area contributed by atoms with Gasteiger partial charge in [0.2, 0.25) is 0 Å². The largest absolute Gasteiger partial charge is 0.495 e. The molecule has 0 aliphatic rings. The molecule has 0 rings (SSSR count). The van der Waals surface area contributed by atoms with E-state index in [4.69, 9.17) is 9.47 Å². The number of methoxy groups -OCH3 is 1. The molecule has 0 bridgehead atoms. The molecule has 11 heavy (non-hydrogen) atoms. The van der Waals surface area contributed by atoms with Crippen molar-refractivity contribution in [3.05, 3.63) is 12.3 Å². The molecule has 0 spiro atoms. The van der Waals surface area contributed by atoms with Crippen LogP contribution in [0.1, 0.15) is 0 Å². The third kappa shape index (κ3) is 7.36. The van der Waals surface area contributed by atoms with Gasteiger partial charge in [-0.2, -0.15) is 0 Å². The minimum atomic E-state index is 0.480. The van der Waals surface area contributed by atoms with Gasteiger partial charge in [-0.05, 0) is 14.1 Å². The molecular formula is C8H17NO2. The van der Waals surface area contributed by atoms with Crippen molar-refractivity contribution >= 4 is 0 Å². The fourth-order valence-electron chi connectivity index (χ4n) is 0.575. The molecule has 3 heteroatoms. The number of hydrogen-bond donors (Lipinski definition) is 0. The maximum atomic E-state index is 5.23. The fraction of sp³-hybridized carbons (Fsp3) is 0.750. The lowest BCUT2D eigenvalue weighted by molar-refractivity contribution is 0.122. The van der Waals surface area contributed by atoms with Crippen molar-refractivity contribution in [3.63, 3.8) is 0 Å². The quantitative estimate of drug-likeness (QED) is 0.533. The van der Waals surface area contributed by atoms with Crippen molar-refractivity contribution in [2.75, 3.05) is 41.0 Å². The van der Waals surface area contributed by atoms with Crippen LogP contribution in [0.25, 0.3) is 0 Å². The summed E-state index contributed by atoms with van der Waals surface area (Å²) in [6.45, 7) is 5.74. The predicted molar refractivity (Wildman–Crippen MR) is 45.5 cm³/mol. The third-order valence-corrected chi connectivity index (χ3v) is 1.15. The van der Waals surface area contributed by atoms with Crippen LogP contribution in [0.15, 0.2) is 12.3 Å². The monoisotopic (exact) mass is 159 g/mol. The molecule has 66 valence electrons. The first kappa shape index (κ1) is 10.5. The number of rotatable bonds is 6. The van der Waals surface area contributed by atoms with Crippen LogP contribution in [0, 0.1) is 0 Å². The van der Waals surface area contributed by atoms with Crippen molar-refractivity contribution < 1.29 is 9.47 Å². The van der Waals surface area contributed by atoms with Crippen LogP contribution in [0.4, 0.5) is 0 Å². The van der Waals surface area contributed by atoms with Crippen LogP contribution < -0.4 is 0 Å². The predicted octanol–water partition coefficient (Wildman–Crippen LogP) is 0.725. The summed E-state index contributed by atoms with van der Waals surface area (Å²) in [5, 5.41) is 0. The Kier molecular flexibility index (Phi) is 5.88. The van der Waals surface area contributed by atoms with E-state index in [0.29, 0.717) is 19.0 Å². The molecular weight excluding hydrogens is 142 g/mol. The number of nitrogens with zero attached hydrogens (tertiary/aromatic N) is 1. The van der Waals surface area contributed by atoms with Gasteiger partial charge in [-0.1, -0.05) is 6.58 Å². The lowest BCUT2D eigenvalue weighted by Gasteiger charge is -2.11.